The lowest BCUT2D eigenvalue weighted by Gasteiger charge is -2.11. The van der Waals surface area contributed by atoms with Crippen LogP contribution >= 0.6 is 0 Å². The molecule has 0 aromatic heterocycles. The molecule has 0 atom stereocenters. The van der Waals surface area contributed by atoms with Gasteiger partial charge in [0.05, 0.1) is 15.9 Å². The molecule has 0 heterocycles. The Kier molecular flexibility index (Phi) is 2.97. The van der Waals surface area contributed by atoms with Crippen molar-refractivity contribution in [3.8, 4) is 0 Å². The Hall–Kier alpha value is -2.00. The molecule has 77 valence electrons. The van der Waals surface area contributed by atoms with Crippen LogP contribution in [0.1, 0.15) is 0 Å². The van der Waals surface area contributed by atoms with Gasteiger partial charge < -0.3 is 4.67 Å². The van der Waals surface area contributed by atoms with E-state index >= 15 is 0 Å². The summed E-state index contributed by atoms with van der Waals surface area (Å²) < 4.78 is 0.835. The average molecular weight is 225 g/mol. The lowest BCUT2D eigenvalue weighted by atomic mass is 10.2. The molecule has 0 aliphatic rings. The minimum absolute atomic E-state index is 0.0299. The van der Waals surface area contributed by atoms with Crippen molar-refractivity contribution in [1.82, 2.24) is 0 Å². The van der Waals surface area contributed by atoms with Crippen molar-refractivity contribution in [2.75, 3.05) is 4.67 Å². The monoisotopic (exact) mass is 225 g/mol. The topological polar surface area (TPSA) is 116 Å². The third kappa shape index (κ3) is 2.27. The van der Waals surface area contributed by atoms with Gasteiger partial charge in [-0.1, -0.05) is 0 Å². The number of nitrogens with zero attached hydrogens (tertiary/aromatic N) is 3. The third-order valence-electron chi connectivity index (χ3n) is 1.63. The maximum absolute atomic E-state index is 10.6. The summed E-state index contributed by atoms with van der Waals surface area (Å²) in [4.78, 5) is 19.5. The molecular weight excluding hydrogens is 220 g/mol. The first kappa shape index (κ1) is 11.1. The lowest BCUT2D eigenvalue weighted by molar-refractivity contribution is -0.393. The first-order valence-corrected chi connectivity index (χ1v) is 4.07. The van der Waals surface area contributed by atoms with Gasteiger partial charge >= 0.3 is 0 Å². The number of nitro benzene ring substituents is 2. The molecule has 0 saturated carbocycles. The van der Waals surface area contributed by atoms with Crippen molar-refractivity contribution in [2.24, 2.45) is 5.84 Å². The molecule has 9 heteroatoms. The summed E-state index contributed by atoms with van der Waals surface area (Å²) in [7, 11) is 2.85. The molecule has 1 aromatic rings. The summed E-state index contributed by atoms with van der Waals surface area (Å²) in [6.45, 7) is 0. The van der Waals surface area contributed by atoms with Gasteiger partial charge in [-0.15, -0.1) is 0 Å². The van der Waals surface area contributed by atoms with E-state index in [1.807, 2.05) is 0 Å². The second-order valence-electron chi connectivity index (χ2n) is 2.56. The second-order valence-corrected chi connectivity index (χ2v) is 3.04. The number of rotatable bonds is 3. The molecule has 3 radical (unpaired) electrons. The van der Waals surface area contributed by atoms with Gasteiger partial charge in [-0.3, -0.25) is 26.1 Å². The van der Waals surface area contributed by atoms with E-state index in [1.54, 1.807) is 0 Å². The summed E-state index contributed by atoms with van der Waals surface area (Å²) in [5.41, 5.74) is -0.775. The van der Waals surface area contributed by atoms with Gasteiger partial charge in [0.15, 0.2) is 0 Å². The molecule has 2 N–H and O–H groups in total. The van der Waals surface area contributed by atoms with Gasteiger partial charge in [0.2, 0.25) is 10.4 Å². The molecule has 0 bridgehead atoms. The van der Waals surface area contributed by atoms with Crippen molar-refractivity contribution in [3.05, 3.63) is 38.4 Å². The Bertz CT molecular complexity index is 422. The number of hydrogen-bond donors (Lipinski definition) is 1. The van der Waals surface area contributed by atoms with Gasteiger partial charge in [0.1, 0.15) is 5.69 Å². The molecule has 0 amide bonds. The summed E-state index contributed by atoms with van der Waals surface area (Å²) in [5, 5.41) is 21.0. The fraction of sp³-hybridized carbons (Fsp3) is 0. The molecule has 1 aromatic carbocycles. The lowest BCUT2D eigenvalue weighted by Crippen LogP contribution is -2.27. The SMILES string of the molecule is NN([Si])c1ccc([N+](=O)[O-])cc1[N+](=O)[O-]. The van der Waals surface area contributed by atoms with Gasteiger partial charge in [-0.25, -0.2) is 0 Å². The highest BCUT2D eigenvalue weighted by atomic mass is 28.2. The Morgan fingerprint density at radius 2 is 1.87 bits per heavy atom. The normalized spacial score (nSPS) is 9.73. The molecule has 0 unspecified atom stereocenters. The minimum atomic E-state index is -0.748. The molecule has 15 heavy (non-hydrogen) atoms. The zero-order chi connectivity index (χ0) is 11.6. The van der Waals surface area contributed by atoms with Crippen molar-refractivity contribution in [2.45, 2.75) is 0 Å². The van der Waals surface area contributed by atoms with Gasteiger partial charge in [0, 0.05) is 6.07 Å². The molecule has 0 fully saturated rings. The van der Waals surface area contributed by atoms with E-state index in [1.165, 1.54) is 6.07 Å². The quantitative estimate of drug-likeness (QED) is 0.341. The average Bonchev–Trinajstić information content (AvgIpc) is 2.16. The van der Waals surface area contributed by atoms with Crippen molar-refractivity contribution in [3.63, 3.8) is 0 Å². The van der Waals surface area contributed by atoms with Gasteiger partial charge in [-0.05, 0) is 6.07 Å². The first-order valence-electron chi connectivity index (χ1n) is 3.62. The van der Waals surface area contributed by atoms with Crippen LogP contribution in [0.15, 0.2) is 18.2 Å². The van der Waals surface area contributed by atoms with E-state index in [9.17, 15) is 20.2 Å². The summed E-state index contributed by atoms with van der Waals surface area (Å²) >= 11 is 0. The number of anilines is 1. The number of hydrazine groups is 1. The Labute approximate surface area is 87.1 Å². The van der Waals surface area contributed by atoms with Crippen LogP contribution < -0.4 is 10.5 Å². The van der Waals surface area contributed by atoms with Crippen LogP contribution in [0.4, 0.5) is 17.1 Å². The Balaban J connectivity index is 3.33. The van der Waals surface area contributed by atoms with E-state index < -0.39 is 15.5 Å². The predicted molar refractivity (Wildman–Crippen MR) is 52.2 cm³/mol. The number of hydrogen-bond acceptors (Lipinski definition) is 6. The van der Waals surface area contributed by atoms with Gasteiger partial charge in [0.25, 0.3) is 11.4 Å². The largest absolute Gasteiger partial charge is 0.336 e. The van der Waals surface area contributed by atoms with Crippen LogP contribution in [-0.2, 0) is 0 Å². The van der Waals surface area contributed by atoms with Crippen LogP contribution in [0.2, 0.25) is 0 Å². The van der Waals surface area contributed by atoms with E-state index in [0.717, 1.165) is 16.8 Å². The molecule has 0 aliphatic carbocycles. The van der Waals surface area contributed by atoms with Gasteiger partial charge in [-0.2, -0.15) is 0 Å². The Morgan fingerprint density at radius 3 is 2.27 bits per heavy atom. The molecule has 0 saturated heterocycles. The van der Waals surface area contributed by atoms with Crippen molar-refractivity contribution in [1.29, 1.82) is 0 Å². The van der Waals surface area contributed by atoms with Crippen molar-refractivity contribution >= 4 is 27.5 Å². The maximum atomic E-state index is 10.6. The fourth-order valence-corrected chi connectivity index (χ4v) is 1.16. The highest BCUT2D eigenvalue weighted by Crippen LogP contribution is 2.29. The molecule has 1 rings (SSSR count). The zero-order valence-electron chi connectivity index (χ0n) is 7.28. The zero-order valence-corrected chi connectivity index (χ0v) is 8.28. The highest BCUT2D eigenvalue weighted by molar-refractivity contribution is 6.17. The fourth-order valence-electron chi connectivity index (χ4n) is 0.975. The number of benzene rings is 1. The number of non-ortho nitro benzene ring substituents is 1. The molecule has 8 nitrogen and oxygen atoms in total. The standard InChI is InChI=1S/C6H5N4O4Si/c7-8(15)5-2-1-4(9(11)12)3-6(5)10(13)14/h1-3H,7H2. The summed E-state index contributed by atoms with van der Waals surface area (Å²) in [6, 6.07) is 3.15. The summed E-state index contributed by atoms with van der Waals surface area (Å²) in [6.07, 6.45) is 0. The van der Waals surface area contributed by atoms with Crippen LogP contribution in [0.3, 0.4) is 0 Å². The maximum Gasteiger partial charge on any atom is 0.299 e. The molecular formula is C6H5N4O4Si. The first-order chi connectivity index (χ1) is 6.93. The predicted octanol–water partition coefficient (Wildman–Crippen LogP) is 0.267. The van der Waals surface area contributed by atoms with Crippen LogP contribution in [0.5, 0.6) is 0 Å². The highest BCUT2D eigenvalue weighted by Gasteiger charge is 2.20. The van der Waals surface area contributed by atoms with Crippen LogP contribution in [0, 0.1) is 20.2 Å². The number of nitrogens with two attached hydrogens (primary N) is 1. The van der Waals surface area contributed by atoms with E-state index in [2.05, 4.69) is 10.4 Å². The number of nitro groups is 2. The third-order valence-corrected chi connectivity index (χ3v) is 1.87. The van der Waals surface area contributed by atoms with E-state index in [4.69, 9.17) is 5.84 Å². The smallest absolute Gasteiger partial charge is 0.299 e. The minimum Gasteiger partial charge on any atom is -0.336 e. The van der Waals surface area contributed by atoms with E-state index in [0.29, 0.717) is 0 Å². The van der Waals surface area contributed by atoms with Crippen LogP contribution in [0.25, 0.3) is 0 Å². The second kappa shape index (κ2) is 4.02. The Morgan fingerprint density at radius 1 is 1.27 bits per heavy atom. The van der Waals surface area contributed by atoms with E-state index in [-0.39, 0.29) is 11.4 Å². The summed E-state index contributed by atoms with van der Waals surface area (Å²) in [5.74, 6) is 5.25. The van der Waals surface area contributed by atoms with Crippen molar-refractivity contribution < 1.29 is 9.85 Å². The molecule has 0 spiro atoms. The van der Waals surface area contributed by atoms with Crippen LogP contribution in [-0.4, -0.2) is 20.3 Å². The molecule has 0 aliphatic heterocycles.